The van der Waals surface area contributed by atoms with E-state index in [1.54, 1.807) is 12.0 Å². The molecule has 0 fully saturated rings. The molecule has 31 heavy (non-hydrogen) atoms. The third-order valence-corrected chi connectivity index (χ3v) is 6.44. The number of thiazole rings is 1. The van der Waals surface area contributed by atoms with Crippen LogP contribution in [0.5, 0.6) is 11.5 Å². The van der Waals surface area contributed by atoms with Gasteiger partial charge in [0, 0.05) is 41.9 Å². The van der Waals surface area contributed by atoms with Crippen molar-refractivity contribution in [3.8, 4) is 22.1 Å². The molecule has 0 N–H and O–H groups in total. The number of likely N-dealkylation sites (N-methyl/N-ethyl adjacent to an activating group) is 1. The van der Waals surface area contributed by atoms with Gasteiger partial charge < -0.3 is 19.3 Å². The summed E-state index contributed by atoms with van der Waals surface area (Å²) in [6.45, 7) is 1.93. The smallest absolute Gasteiger partial charge is 0.270 e. The Hall–Kier alpha value is -2.61. The lowest BCUT2D eigenvalue weighted by Gasteiger charge is -2.26. The van der Waals surface area contributed by atoms with Crippen LogP contribution in [0.2, 0.25) is 5.02 Å². The van der Waals surface area contributed by atoms with Gasteiger partial charge in [-0.2, -0.15) is 0 Å². The zero-order chi connectivity index (χ0) is 22.0. The number of nitrogens with zero attached hydrogens (tertiary/aromatic N) is 3. The highest BCUT2D eigenvalue weighted by atomic mass is 35.5. The first-order chi connectivity index (χ1) is 15.0. The fraction of sp³-hybridized carbons (Fsp3) is 0.304. The molecule has 8 heteroatoms. The van der Waals surface area contributed by atoms with Crippen molar-refractivity contribution in [2.45, 2.75) is 6.42 Å². The van der Waals surface area contributed by atoms with E-state index in [1.807, 2.05) is 56.6 Å². The zero-order valence-electron chi connectivity index (χ0n) is 17.7. The van der Waals surface area contributed by atoms with Crippen LogP contribution >= 0.6 is 22.9 Å². The summed E-state index contributed by atoms with van der Waals surface area (Å²) in [6.07, 6.45) is 0.703. The molecular formula is C23H24ClN3O3S. The van der Waals surface area contributed by atoms with Gasteiger partial charge in [-0.15, -0.1) is 11.3 Å². The largest absolute Gasteiger partial charge is 0.493 e. The van der Waals surface area contributed by atoms with Crippen molar-refractivity contribution in [3.05, 3.63) is 58.1 Å². The first-order valence-electron chi connectivity index (χ1n) is 9.99. The molecule has 0 atom stereocenters. The second-order valence-corrected chi connectivity index (χ2v) is 8.93. The van der Waals surface area contributed by atoms with Gasteiger partial charge in [-0.1, -0.05) is 23.7 Å². The number of anilines is 1. The molecule has 1 aromatic heterocycles. The summed E-state index contributed by atoms with van der Waals surface area (Å²) in [5, 5.41) is 1.51. The molecule has 0 radical (unpaired) electrons. The van der Waals surface area contributed by atoms with E-state index in [0.29, 0.717) is 41.0 Å². The lowest BCUT2D eigenvalue weighted by atomic mass is 10.1. The van der Waals surface area contributed by atoms with E-state index in [-0.39, 0.29) is 5.91 Å². The van der Waals surface area contributed by atoms with E-state index in [4.69, 9.17) is 26.1 Å². The SMILES string of the molecule is COc1cc(N2CCc3nc(-c4ccc(Cl)cc4)sc3C2=O)ccc1OCCN(C)C. The van der Waals surface area contributed by atoms with Gasteiger partial charge in [0.05, 0.1) is 12.8 Å². The predicted octanol–water partition coefficient (Wildman–Crippen LogP) is 4.62. The Labute approximate surface area is 191 Å². The van der Waals surface area contributed by atoms with Gasteiger partial charge in [-0.25, -0.2) is 4.98 Å². The maximum atomic E-state index is 13.2. The molecular weight excluding hydrogens is 434 g/mol. The van der Waals surface area contributed by atoms with Crippen LogP contribution in [0, 0.1) is 0 Å². The lowest BCUT2D eigenvalue weighted by Crippen LogP contribution is -2.36. The van der Waals surface area contributed by atoms with Crippen LogP contribution in [-0.4, -0.2) is 56.7 Å². The minimum absolute atomic E-state index is 0.0395. The normalized spacial score (nSPS) is 13.5. The molecule has 0 saturated carbocycles. The number of carbonyl (C=O) groups excluding carboxylic acids is 1. The molecule has 2 heterocycles. The van der Waals surface area contributed by atoms with Crippen molar-refractivity contribution < 1.29 is 14.3 Å². The van der Waals surface area contributed by atoms with Crippen LogP contribution in [0.25, 0.3) is 10.6 Å². The Morgan fingerprint density at radius 3 is 2.65 bits per heavy atom. The van der Waals surface area contributed by atoms with Gasteiger partial charge in [0.1, 0.15) is 16.5 Å². The molecule has 2 aromatic carbocycles. The summed E-state index contributed by atoms with van der Waals surface area (Å²) in [4.78, 5) is 22.5. The Morgan fingerprint density at radius 2 is 1.94 bits per heavy atom. The van der Waals surface area contributed by atoms with Gasteiger partial charge in [0.2, 0.25) is 0 Å². The van der Waals surface area contributed by atoms with Gasteiger partial charge in [-0.3, -0.25) is 4.79 Å². The molecule has 1 aliphatic heterocycles. The highest BCUT2D eigenvalue weighted by molar-refractivity contribution is 7.17. The van der Waals surface area contributed by atoms with E-state index >= 15 is 0 Å². The molecule has 0 saturated heterocycles. The highest BCUT2D eigenvalue weighted by Crippen LogP contribution is 2.36. The van der Waals surface area contributed by atoms with Crippen molar-refractivity contribution in [2.75, 3.05) is 45.8 Å². The minimum Gasteiger partial charge on any atom is -0.493 e. The summed E-state index contributed by atoms with van der Waals surface area (Å²) in [5.41, 5.74) is 2.60. The Morgan fingerprint density at radius 1 is 1.16 bits per heavy atom. The maximum Gasteiger partial charge on any atom is 0.270 e. The first kappa shape index (κ1) is 21.6. The monoisotopic (exact) mass is 457 g/mol. The fourth-order valence-corrected chi connectivity index (χ4v) is 4.57. The second kappa shape index (κ2) is 9.26. The third-order valence-electron chi connectivity index (χ3n) is 5.06. The minimum atomic E-state index is -0.0395. The summed E-state index contributed by atoms with van der Waals surface area (Å²) in [5.74, 6) is 1.24. The van der Waals surface area contributed by atoms with Crippen molar-refractivity contribution in [2.24, 2.45) is 0 Å². The maximum absolute atomic E-state index is 13.2. The number of carbonyl (C=O) groups is 1. The number of ether oxygens (including phenoxy) is 2. The van der Waals surface area contributed by atoms with E-state index < -0.39 is 0 Å². The Balaban J connectivity index is 1.55. The van der Waals surface area contributed by atoms with Crippen molar-refractivity contribution >= 4 is 34.5 Å². The van der Waals surface area contributed by atoms with Crippen molar-refractivity contribution in [3.63, 3.8) is 0 Å². The van der Waals surface area contributed by atoms with Crippen LogP contribution in [0.4, 0.5) is 5.69 Å². The molecule has 4 rings (SSSR count). The fourth-order valence-electron chi connectivity index (χ4n) is 3.37. The first-order valence-corrected chi connectivity index (χ1v) is 11.2. The number of benzene rings is 2. The predicted molar refractivity (Wildman–Crippen MR) is 125 cm³/mol. The Bertz CT molecular complexity index is 1080. The van der Waals surface area contributed by atoms with Gasteiger partial charge in [0.15, 0.2) is 11.5 Å². The second-order valence-electron chi connectivity index (χ2n) is 7.50. The highest BCUT2D eigenvalue weighted by Gasteiger charge is 2.30. The van der Waals surface area contributed by atoms with E-state index in [2.05, 4.69) is 4.90 Å². The van der Waals surface area contributed by atoms with Gasteiger partial charge in [-0.05, 0) is 38.4 Å². The third kappa shape index (κ3) is 4.69. The molecule has 3 aromatic rings. The molecule has 0 unspecified atom stereocenters. The summed E-state index contributed by atoms with van der Waals surface area (Å²) < 4.78 is 11.4. The van der Waals surface area contributed by atoms with Crippen molar-refractivity contribution in [1.29, 1.82) is 0 Å². The number of halogens is 1. The average Bonchev–Trinajstić information content (AvgIpc) is 3.20. The van der Waals surface area contributed by atoms with E-state index in [9.17, 15) is 4.79 Å². The topological polar surface area (TPSA) is 54.9 Å². The number of fused-ring (bicyclic) bond motifs is 1. The quantitative estimate of drug-likeness (QED) is 0.518. The number of hydrogen-bond donors (Lipinski definition) is 0. The summed E-state index contributed by atoms with van der Waals surface area (Å²) in [6, 6.07) is 13.1. The van der Waals surface area contributed by atoms with Crippen molar-refractivity contribution in [1.82, 2.24) is 9.88 Å². The molecule has 162 valence electrons. The Kier molecular flexibility index (Phi) is 6.46. The number of rotatable bonds is 7. The van der Waals surface area contributed by atoms with Crippen LogP contribution < -0.4 is 14.4 Å². The molecule has 0 bridgehead atoms. The molecule has 6 nitrogen and oxygen atoms in total. The van der Waals surface area contributed by atoms with Gasteiger partial charge >= 0.3 is 0 Å². The lowest BCUT2D eigenvalue weighted by molar-refractivity contribution is 0.0984. The number of hydrogen-bond acceptors (Lipinski definition) is 6. The number of amides is 1. The average molecular weight is 458 g/mol. The summed E-state index contributed by atoms with van der Waals surface area (Å²) >= 11 is 7.41. The van der Waals surface area contributed by atoms with Crippen LogP contribution in [0.15, 0.2) is 42.5 Å². The zero-order valence-corrected chi connectivity index (χ0v) is 19.3. The molecule has 0 spiro atoms. The van der Waals surface area contributed by atoms with Crippen LogP contribution in [-0.2, 0) is 6.42 Å². The number of methoxy groups -OCH3 is 1. The molecule has 1 aliphatic rings. The van der Waals surface area contributed by atoms with Crippen LogP contribution in [0.1, 0.15) is 15.4 Å². The standard InChI is InChI=1S/C23H24ClN3O3S/c1-26(2)12-13-30-19-9-8-17(14-20(19)29-3)27-11-10-18-21(23(27)28)31-22(25-18)15-4-6-16(24)7-5-15/h4-9,14H,10-13H2,1-3H3. The molecule has 1 amide bonds. The van der Waals surface area contributed by atoms with E-state index in [0.717, 1.165) is 28.5 Å². The van der Waals surface area contributed by atoms with Gasteiger partial charge in [0.25, 0.3) is 5.91 Å². The number of aromatic nitrogens is 1. The van der Waals surface area contributed by atoms with E-state index in [1.165, 1.54) is 11.3 Å². The summed E-state index contributed by atoms with van der Waals surface area (Å²) in [7, 11) is 5.60. The molecule has 0 aliphatic carbocycles. The van der Waals surface area contributed by atoms with Crippen LogP contribution in [0.3, 0.4) is 0 Å².